The van der Waals surface area contributed by atoms with Gasteiger partial charge in [0.2, 0.25) is 0 Å². The first kappa shape index (κ1) is 26.5. The Kier molecular flexibility index (Phi) is 5.44. The Balaban J connectivity index is 1.09. The molecule has 10 rings (SSSR count). The molecule has 47 heavy (non-hydrogen) atoms. The maximum absolute atomic E-state index is 2.46. The van der Waals surface area contributed by atoms with Crippen LogP contribution in [0.15, 0.2) is 158 Å². The summed E-state index contributed by atoms with van der Waals surface area (Å²) in [6, 6.07) is 59.0. The summed E-state index contributed by atoms with van der Waals surface area (Å²) in [7, 11) is 0. The largest absolute Gasteiger partial charge is 0.0616 e. The van der Waals surface area contributed by atoms with Gasteiger partial charge in [0.1, 0.15) is 0 Å². The lowest BCUT2D eigenvalue weighted by Gasteiger charge is -2.23. The third-order valence-corrected chi connectivity index (χ3v) is 10.8. The van der Waals surface area contributed by atoms with Crippen LogP contribution in [0.2, 0.25) is 0 Å². The summed E-state index contributed by atoms with van der Waals surface area (Å²) >= 11 is 0. The van der Waals surface area contributed by atoms with Crippen molar-refractivity contribution in [2.24, 2.45) is 0 Å². The van der Waals surface area contributed by atoms with E-state index in [4.69, 9.17) is 0 Å². The molecule has 0 fully saturated rings. The third kappa shape index (κ3) is 3.82. The zero-order valence-corrected chi connectivity index (χ0v) is 26.5. The molecule has 0 amide bonds. The van der Waals surface area contributed by atoms with Crippen LogP contribution in [-0.4, -0.2) is 0 Å². The fourth-order valence-electron chi connectivity index (χ4n) is 8.39. The maximum Gasteiger partial charge on any atom is 0.0159 e. The number of hydrogen-bond acceptors (Lipinski definition) is 0. The predicted octanol–water partition coefficient (Wildman–Crippen LogP) is 13.1. The van der Waals surface area contributed by atoms with Gasteiger partial charge in [0.15, 0.2) is 0 Å². The van der Waals surface area contributed by atoms with Crippen LogP contribution in [0.25, 0.3) is 87.2 Å². The number of rotatable bonds is 2. The van der Waals surface area contributed by atoms with E-state index < -0.39 is 0 Å². The fourth-order valence-corrected chi connectivity index (χ4v) is 8.39. The zero-order valence-electron chi connectivity index (χ0n) is 26.5. The molecule has 1 aliphatic rings. The molecule has 0 heteroatoms. The summed E-state index contributed by atoms with van der Waals surface area (Å²) in [5.74, 6) is 0. The van der Waals surface area contributed by atoms with Crippen LogP contribution in [0.1, 0.15) is 25.0 Å². The van der Waals surface area contributed by atoms with Gasteiger partial charge in [-0.1, -0.05) is 147 Å². The van der Waals surface area contributed by atoms with Crippen LogP contribution >= 0.6 is 0 Å². The number of benzene rings is 9. The van der Waals surface area contributed by atoms with Gasteiger partial charge in [-0.3, -0.25) is 0 Å². The average molecular weight is 597 g/mol. The maximum atomic E-state index is 2.46. The zero-order chi connectivity index (χ0) is 31.3. The summed E-state index contributed by atoms with van der Waals surface area (Å²) < 4.78 is 0. The van der Waals surface area contributed by atoms with E-state index in [0.717, 1.165) is 0 Å². The molecule has 0 aromatic heterocycles. The van der Waals surface area contributed by atoms with E-state index in [1.54, 1.807) is 0 Å². The second-order valence-electron chi connectivity index (χ2n) is 13.7. The van der Waals surface area contributed by atoms with Crippen LogP contribution in [0.5, 0.6) is 0 Å². The Labute approximate surface area is 274 Å². The lowest BCUT2D eigenvalue weighted by atomic mass is 9.80. The van der Waals surface area contributed by atoms with Gasteiger partial charge < -0.3 is 0 Å². The molecule has 0 nitrogen and oxygen atoms in total. The molecule has 0 aliphatic heterocycles. The summed E-state index contributed by atoms with van der Waals surface area (Å²) in [6.45, 7) is 4.78. The van der Waals surface area contributed by atoms with E-state index in [1.165, 1.54) is 98.4 Å². The second-order valence-corrected chi connectivity index (χ2v) is 13.7. The molecule has 0 bridgehead atoms. The van der Waals surface area contributed by atoms with Crippen molar-refractivity contribution < 1.29 is 0 Å². The summed E-state index contributed by atoms with van der Waals surface area (Å²) in [5, 5.41) is 13.0. The standard InChI is InChI=1S/C47H32/c1-47(2)44-27-32(31-19-22-38-34(25-31)18-17-30-16-15-29-9-3-6-12-37(29)46(30)38)20-23-41(44)42-24-21-35(28-45(42)47)43-26-33-10-4-5-11-36(33)39-13-7-8-14-40(39)43/h3-28H,1-2H3. The predicted molar refractivity (Wildman–Crippen MR) is 202 cm³/mol. The number of fused-ring (bicyclic) bond motifs is 11. The molecule has 0 atom stereocenters. The topological polar surface area (TPSA) is 0 Å². The normalized spacial score (nSPS) is 13.5. The lowest BCUT2D eigenvalue weighted by Crippen LogP contribution is -2.15. The van der Waals surface area contributed by atoms with E-state index in [0.29, 0.717) is 0 Å². The fraction of sp³-hybridized carbons (Fsp3) is 0.0638. The Bertz CT molecular complexity index is 2760. The van der Waals surface area contributed by atoms with E-state index in [9.17, 15) is 0 Å². The van der Waals surface area contributed by atoms with Crippen molar-refractivity contribution in [2.45, 2.75) is 19.3 Å². The van der Waals surface area contributed by atoms with Crippen molar-refractivity contribution in [1.82, 2.24) is 0 Å². The molecule has 0 radical (unpaired) electrons. The van der Waals surface area contributed by atoms with Crippen molar-refractivity contribution in [2.75, 3.05) is 0 Å². The molecule has 1 aliphatic carbocycles. The lowest BCUT2D eigenvalue weighted by molar-refractivity contribution is 0.661. The Morgan fingerprint density at radius 3 is 1.62 bits per heavy atom. The van der Waals surface area contributed by atoms with Gasteiger partial charge in [0.05, 0.1) is 0 Å². The number of hydrogen-bond donors (Lipinski definition) is 0. The smallest absolute Gasteiger partial charge is 0.0159 e. The van der Waals surface area contributed by atoms with Gasteiger partial charge in [-0.25, -0.2) is 0 Å². The van der Waals surface area contributed by atoms with Crippen molar-refractivity contribution in [3.05, 3.63) is 169 Å². The van der Waals surface area contributed by atoms with Crippen LogP contribution in [0, 0.1) is 0 Å². The minimum atomic E-state index is -0.116. The molecule has 220 valence electrons. The van der Waals surface area contributed by atoms with Gasteiger partial charge in [-0.05, 0) is 123 Å². The van der Waals surface area contributed by atoms with Gasteiger partial charge in [-0.2, -0.15) is 0 Å². The summed E-state index contributed by atoms with van der Waals surface area (Å²) in [6.07, 6.45) is 0. The second kappa shape index (κ2) is 9.64. The van der Waals surface area contributed by atoms with Gasteiger partial charge in [-0.15, -0.1) is 0 Å². The van der Waals surface area contributed by atoms with Gasteiger partial charge in [0.25, 0.3) is 0 Å². The van der Waals surface area contributed by atoms with E-state index in [-0.39, 0.29) is 5.41 Å². The first-order valence-electron chi connectivity index (χ1n) is 16.6. The first-order valence-corrected chi connectivity index (χ1v) is 16.6. The van der Waals surface area contributed by atoms with Crippen LogP contribution in [0.4, 0.5) is 0 Å². The molecule has 0 saturated heterocycles. The summed E-state index contributed by atoms with van der Waals surface area (Å²) in [5.41, 5.74) is 10.5. The first-order chi connectivity index (χ1) is 23.0. The molecule has 0 saturated carbocycles. The molecule has 9 aromatic carbocycles. The molecule has 0 heterocycles. The van der Waals surface area contributed by atoms with Gasteiger partial charge >= 0.3 is 0 Å². The quantitative estimate of drug-likeness (QED) is 0.174. The SMILES string of the molecule is CC1(C)c2cc(-c3ccc4c(ccc5ccc6ccccc6c54)c3)ccc2-c2ccc(-c3cc4ccccc4c4ccccc34)cc21. The van der Waals surface area contributed by atoms with E-state index in [2.05, 4.69) is 172 Å². The van der Waals surface area contributed by atoms with Gasteiger partial charge in [0, 0.05) is 5.41 Å². The highest BCUT2D eigenvalue weighted by atomic mass is 14.4. The Hall–Kier alpha value is -5.72. The average Bonchev–Trinajstić information content (AvgIpc) is 3.35. The van der Waals surface area contributed by atoms with Crippen LogP contribution in [0.3, 0.4) is 0 Å². The van der Waals surface area contributed by atoms with Crippen LogP contribution < -0.4 is 0 Å². The monoisotopic (exact) mass is 596 g/mol. The highest BCUT2D eigenvalue weighted by molar-refractivity contribution is 6.20. The molecular formula is C47H32. The summed E-state index contributed by atoms with van der Waals surface area (Å²) in [4.78, 5) is 0. The minimum Gasteiger partial charge on any atom is -0.0616 e. The van der Waals surface area contributed by atoms with E-state index >= 15 is 0 Å². The van der Waals surface area contributed by atoms with Crippen LogP contribution in [-0.2, 0) is 5.41 Å². The molecular weight excluding hydrogens is 565 g/mol. The highest BCUT2D eigenvalue weighted by Gasteiger charge is 2.36. The Morgan fingerprint density at radius 1 is 0.319 bits per heavy atom. The third-order valence-electron chi connectivity index (χ3n) is 10.8. The highest BCUT2D eigenvalue weighted by Crippen LogP contribution is 2.51. The van der Waals surface area contributed by atoms with Crippen molar-refractivity contribution in [1.29, 1.82) is 0 Å². The van der Waals surface area contributed by atoms with E-state index in [1.807, 2.05) is 0 Å². The molecule has 9 aromatic rings. The van der Waals surface area contributed by atoms with Crippen molar-refractivity contribution in [3.8, 4) is 33.4 Å². The molecule has 0 spiro atoms. The van der Waals surface area contributed by atoms with Crippen molar-refractivity contribution in [3.63, 3.8) is 0 Å². The molecule has 0 N–H and O–H groups in total. The van der Waals surface area contributed by atoms with Crippen molar-refractivity contribution >= 4 is 53.9 Å². The minimum absolute atomic E-state index is 0.116. The Morgan fingerprint density at radius 2 is 0.830 bits per heavy atom. The molecule has 0 unspecified atom stereocenters.